The molecule has 0 spiro atoms. The van der Waals surface area contributed by atoms with Gasteiger partial charge in [0.1, 0.15) is 5.82 Å². The summed E-state index contributed by atoms with van der Waals surface area (Å²) in [6.07, 6.45) is 0. The van der Waals surface area contributed by atoms with Crippen LogP contribution in [0.5, 0.6) is 0 Å². The van der Waals surface area contributed by atoms with Gasteiger partial charge in [0.05, 0.1) is 4.90 Å². The topological polar surface area (TPSA) is 75.3 Å². The summed E-state index contributed by atoms with van der Waals surface area (Å²) >= 11 is 3.12. The van der Waals surface area contributed by atoms with Crippen molar-refractivity contribution in [1.82, 2.24) is 10.3 Å². The molecule has 0 bridgehead atoms. The van der Waals surface area contributed by atoms with Gasteiger partial charge in [0.15, 0.2) is 0 Å². The molecule has 0 aromatic heterocycles. The molecule has 1 amide bonds. The molecule has 0 saturated carbocycles. The van der Waals surface area contributed by atoms with Gasteiger partial charge in [-0.05, 0) is 52.3 Å². The number of hydrogen-bond donors (Lipinski definition) is 2. The molecule has 0 heterocycles. The van der Waals surface area contributed by atoms with Crippen LogP contribution in [0.2, 0.25) is 0 Å². The van der Waals surface area contributed by atoms with E-state index in [2.05, 4.69) is 21.4 Å². The maximum atomic E-state index is 12.7. The molecule has 0 unspecified atom stereocenters. The smallest absolute Gasteiger partial charge is 0.266 e. The molecule has 0 saturated heterocycles. The Kier molecular flexibility index (Phi) is 4.71. The Balaban J connectivity index is 2.10. The molecular weight excluding hydrogens is 363 g/mol. The van der Waals surface area contributed by atoms with Crippen molar-refractivity contribution in [2.75, 3.05) is 0 Å². The van der Waals surface area contributed by atoms with E-state index in [0.717, 1.165) is 12.1 Å². The standard InChI is InChI=1S/C13H10BrFN2O3S/c14-11-3-1-2-4-12(11)21(19,20)17-16-13(18)9-5-7-10(15)8-6-9/h1-8,17H,(H,16,18). The monoisotopic (exact) mass is 372 g/mol. The number of halogens is 2. The highest BCUT2D eigenvalue weighted by Gasteiger charge is 2.18. The van der Waals surface area contributed by atoms with Gasteiger partial charge in [-0.1, -0.05) is 12.1 Å². The number of carbonyl (C=O) groups is 1. The van der Waals surface area contributed by atoms with Crippen LogP contribution in [0.25, 0.3) is 0 Å². The number of rotatable bonds is 4. The molecule has 5 nitrogen and oxygen atoms in total. The molecule has 21 heavy (non-hydrogen) atoms. The number of hydrazine groups is 1. The summed E-state index contributed by atoms with van der Waals surface area (Å²) in [5.74, 6) is -1.18. The molecule has 0 atom stereocenters. The summed E-state index contributed by atoms with van der Waals surface area (Å²) in [6, 6.07) is 10.9. The van der Waals surface area contributed by atoms with Crippen LogP contribution < -0.4 is 10.3 Å². The first kappa shape index (κ1) is 15.6. The SMILES string of the molecule is O=C(NNS(=O)(=O)c1ccccc1Br)c1ccc(F)cc1. The van der Waals surface area contributed by atoms with Crippen molar-refractivity contribution < 1.29 is 17.6 Å². The van der Waals surface area contributed by atoms with Crippen LogP contribution in [0.3, 0.4) is 0 Å². The van der Waals surface area contributed by atoms with Gasteiger partial charge in [0.2, 0.25) is 0 Å². The number of hydrogen-bond acceptors (Lipinski definition) is 3. The van der Waals surface area contributed by atoms with Crippen LogP contribution in [0.15, 0.2) is 57.9 Å². The van der Waals surface area contributed by atoms with Gasteiger partial charge < -0.3 is 0 Å². The lowest BCUT2D eigenvalue weighted by Crippen LogP contribution is -2.41. The van der Waals surface area contributed by atoms with Gasteiger partial charge in [-0.25, -0.2) is 12.8 Å². The quantitative estimate of drug-likeness (QED) is 0.807. The summed E-state index contributed by atoms with van der Waals surface area (Å²) in [5.41, 5.74) is 2.19. The zero-order valence-electron chi connectivity index (χ0n) is 10.5. The van der Waals surface area contributed by atoms with Gasteiger partial charge in [-0.2, -0.15) is 0 Å². The van der Waals surface area contributed by atoms with Crippen molar-refractivity contribution in [1.29, 1.82) is 0 Å². The molecule has 0 radical (unpaired) electrons. The number of nitrogens with one attached hydrogen (secondary N) is 2. The lowest BCUT2D eigenvalue weighted by Gasteiger charge is -2.09. The number of benzene rings is 2. The van der Waals surface area contributed by atoms with E-state index in [9.17, 15) is 17.6 Å². The van der Waals surface area contributed by atoms with E-state index in [-0.39, 0.29) is 10.5 Å². The molecule has 2 rings (SSSR count). The highest BCUT2D eigenvalue weighted by atomic mass is 79.9. The summed E-state index contributed by atoms with van der Waals surface area (Å²) in [7, 11) is -3.91. The average molecular weight is 373 g/mol. The zero-order valence-corrected chi connectivity index (χ0v) is 12.9. The maximum absolute atomic E-state index is 12.7. The van der Waals surface area contributed by atoms with Crippen molar-refractivity contribution in [3.05, 3.63) is 64.4 Å². The van der Waals surface area contributed by atoms with Crippen molar-refractivity contribution in [2.45, 2.75) is 4.90 Å². The average Bonchev–Trinajstić information content (AvgIpc) is 2.46. The van der Waals surface area contributed by atoms with Crippen molar-refractivity contribution in [3.63, 3.8) is 0 Å². The van der Waals surface area contributed by atoms with E-state index in [1.54, 1.807) is 18.2 Å². The summed E-state index contributed by atoms with van der Waals surface area (Å²) < 4.78 is 37.2. The molecule has 110 valence electrons. The lowest BCUT2D eigenvalue weighted by atomic mass is 10.2. The van der Waals surface area contributed by atoms with Gasteiger partial charge in [0, 0.05) is 10.0 Å². The van der Waals surface area contributed by atoms with E-state index in [1.807, 2.05) is 4.83 Å². The minimum absolute atomic E-state index is 0.00981. The van der Waals surface area contributed by atoms with E-state index >= 15 is 0 Å². The number of sulfonamides is 1. The maximum Gasteiger partial charge on any atom is 0.266 e. The third-order valence-electron chi connectivity index (χ3n) is 2.53. The number of carbonyl (C=O) groups excluding carboxylic acids is 1. The second-order valence-electron chi connectivity index (χ2n) is 4.00. The van der Waals surface area contributed by atoms with Gasteiger partial charge >= 0.3 is 0 Å². The summed E-state index contributed by atoms with van der Waals surface area (Å²) in [6.45, 7) is 0. The van der Waals surface area contributed by atoms with Crippen LogP contribution in [-0.2, 0) is 10.0 Å². The molecule has 2 aromatic rings. The molecule has 0 aliphatic rings. The van der Waals surface area contributed by atoms with Crippen molar-refractivity contribution in [2.24, 2.45) is 0 Å². The van der Waals surface area contributed by atoms with E-state index in [1.165, 1.54) is 18.2 Å². The Morgan fingerprint density at radius 1 is 1.05 bits per heavy atom. The van der Waals surface area contributed by atoms with Crippen molar-refractivity contribution >= 4 is 31.9 Å². The van der Waals surface area contributed by atoms with E-state index in [4.69, 9.17) is 0 Å². The fourth-order valence-corrected chi connectivity index (χ4v) is 3.35. The fourth-order valence-electron chi connectivity index (χ4n) is 1.50. The molecule has 0 fully saturated rings. The third kappa shape index (κ3) is 3.87. The van der Waals surface area contributed by atoms with Gasteiger partial charge in [0.25, 0.3) is 15.9 Å². The fraction of sp³-hybridized carbons (Fsp3) is 0. The first-order chi connectivity index (χ1) is 9.90. The molecular formula is C13H10BrFN2O3S. The Morgan fingerprint density at radius 2 is 1.67 bits per heavy atom. The highest BCUT2D eigenvalue weighted by molar-refractivity contribution is 9.10. The van der Waals surface area contributed by atoms with Crippen LogP contribution in [0.4, 0.5) is 4.39 Å². The molecule has 0 aliphatic heterocycles. The lowest BCUT2D eigenvalue weighted by molar-refractivity contribution is 0.0945. The van der Waals surface area contributed by atoms with Crippen LogP contribution in [-0.4, -0.2) is 14.3 Å². The first-order valence-corrected chi connectivity index (χ1v) is 8.00. The molecule has 2 aromatic carbocycles. The van der Waals surface area contributed by atoms with Gasteiger partial charge in [-0.15, -0.1) is 4.83 Å². The molecule has 0 aliphatic carbocycles. The predicted molar refractivity (Wildman–Crippen MR) is 78.3 cm³/mol. The van der Waals surface area contributed by atoms with Gasteiger partial charge in [-0.3, -0.25) is 10.2 Å². The normalized spacial score (nSPS) is 11.1. The third-order valence-corrected chi connectivity index (χ3v) is 4.79. The minimum Gasteiger partial charge on any atom is -0.273 e. The molecule has 2 N–H and O–H groups in total. The number of amides is 1. The molecule has 8 heteroatoms. The minimum atomic E-state index is -3.91. The van der Waals surface area contributed by atoms with E-state index in [0.29, 0.717) is 4.47 Å². The largest absolute Gasteiger partial charge is 0.273 e. The first-order valence-electron chi connectivity index (χ1n) is 5.72. The summed E-state index contributed by atoms with van der Waals surface area (Å²) in [4.78, 5) is 13.7. The Hall–Kier alpha value is -1.77. The Morgan fingerprint density at radius 3 is 2.29 bits per heavy atom. The van der Waals surface area contributed by atoms with Crippen molar-refractivity contribution in [3.8, 4) is 0 Å². The van der Waals surface area contributed by atoms with Crippen LogP contribution in [0, 0.1) is 5.82 Å². The Labute approximate surface area is 129 Å². The Bertz CT molecular complexity index is 763. The second-order valence-corrected chi connectivity index (χ2v) is 6.50. The summed E-state index contributed by atoms with van der Waals surface area (Å²) in [5, 5.41) is 0. The van der Waals surface area contributed by atoms with Crippen LogP contribution >= 0.6 is 15.9 Å². The van der Waals surface area contributed by atoms with E-state index < -0.39 is 21.7 Å². The van der Waals surface area contributed by atoms with Crippen LogP contribution in [0.1, 0.15) is 10.4 Å². The highest BCUT2D eigenvalue weighted by Crippen LogP contribution is 2.20. The zero-order chi connectivity index (χ0) is 15.5. The predicted octanol–water partition coefficient (Wildman–Crippen LogP) is 2.21. The second kappa shape index (κ2) is 6.33.